The summed E-state index contributed by atoms with van der Waals surface area (Å²) < 4.78 is 0. The number of amidine groups is 1. The molecule has 1 aromatic rings. The van der Waals surface area contributed by atoms with E-state index in [9.17, 15) is 0 Å². The van der Waals surface area contributed by atoms with Crippen LogP contribution in [0.2, 0.25) is 5.02 Å². The Morgan fingerprint density at radius 2 is 2.10 bits per heavy atom. The Balaban J connectivity index is 1.68. The Morgan fingerprint density at radius 1 is 1.29 bits per heavy atom. The van der Waals surface area contributed by atoms with Crippen LogP contribution in [0.4, 0.5) is 5.69 Å². The van der Waals surface area contributed by atoms with Gasteiger partial charge in [-0.25, -0.2) is 0 Å². The molecule has 1 fully saturated rings. The van der Waals surface area contributed by atoms with E-state index in [0.717, 1.165) is 23.2 Å². The van der Waals surface area contributed by atoms with Crippen LogP contribution >= 0.6 is 23.4 Å². The number of benzene rings is 1. The lowest BCUT2D eigenvalue weighted by atomic mass is 9.75. The number of nitrogens with one attached hydrogen (secondary N) is 1. The first-order chi connectivity index (χ1) is 10.2. The first-order valence-corrected chi connectivity index (χ1v) is 8.71. The van der Waals surface area contributed by atoms with Crippen LogP contribution in [0, 0.1) is 16.7 Å². The van der Waals surface area contributed by atoms with E-state index in [1.807, 2.05) is 6.07 Å². The number of anilines is 1. The predicted octanol–water partition coefficient (Wildman–Crippen LogP) is 4.68. The highest BCUT2D eigenvalue weighted by atomic mass is 35.5. The third-order valence-electron chi connectivity index (χ3n) is 4.33. The van der Waals surface area contributed by atoms with Crippen molar-refractivity contribution in [3.05, 3.63) is 28.8 Å². The van der Waals surface area contributed by atoms with Gasteiger partial charge in [0.25, 0.3) is 0 Å². The molecule has 2 aliphatic rings. The molecule has 21 heavy (non-hydrogen) atoms. The van der Waals surface area contributed by atoms with Gasteiger partial charge in [0.2, 0.25) is 0 Å². The number of hydrogen-bond acceptors (Lipinski definition) is 4. The third kappa shape index (κ3) is 3.36. The Labute approximate surface area is 134 Å². The second-order valence-electron chi connectivity index (χ2n) is 5.90. The zero-order valence-electron chi connectivity index (χ0n) is 11.9. The molecule has 1 aliphatic carbocycles. The number of halogens is 1. The minimum Gasteiger partial charge on any atom is -0.334 e. The summed E-state index contributed by atoms with van der Waals surface area (Å²) in [5.41, 5.74) is 1.83. The smallest absolute Gasteiger partial charge is 0.161 e. The van der Waals surface area contributed by atoms with Gasteiger partial charge >= 0.3 is 0 Å². The van der Waals surface area contributed by atoms with Crippen molar-refractivity contribution in [3.8, 4) is 6.07 Å². The van der Waals surface area contributed by atoms with E-state index < -0.39 is 0 Å². The lowest BCUT2D eigenvalue weighted by molar-refractivity contribution is 0.232. The molecule has 0 saturated heterocycles. The molecule has 3 nitrogen and oxygen atoms in total. The topological polar surface area (TPSA) is 48.2 Å². The highest BCUT2D eigenvalue weighted by Gasteiger charge is 2.34. The van der Waals surface area contributed by atoms with Crippen LogP contribution in [-0.2, 0) is 0 Å². The van der Waals surface area contributed by atoms with Gasteiger partial charge in [0.1, 0.15) is 0 Å². The molecule has 1 aliphatic heterocycles. The van der Waals surface area contributed by atoms with Gasteiger partial charge in [-0.2, -0.15) is 5.26 Å². The molecular weight excluding hydrogens is 302 g/mol. The quantitative estimate of drug-likeness (QED) is 0.817. The highest BCUT2D eigenvalue weighted by Crippen LogP contribution is 2.42. The van der Waals surface area contributed by atoms with Crippen LogP contribution in [0.1, 0.15) is 37.7 Å². The molecule has 0 unspecified atom stereocenters. The molecular formula is C16H18ClN3S. The van der Waals surface area contributed by atoms with Crippen LogP contribution in [0.3, 0.4) is 0 Å². The van der Waals surface area contributed by atoms with E-state index in [2.05, 4.69) is 11.4 Å². The van der Waals surface area contributed by atoms with Gasteiger partial charge in [0, 0.05) is 12.3 Å². The summed E-state index contributed by atoms with van der Waals surface area (Å²) in [6.07, 6.45) is 6.70. The fraction of sp³-hybridized carbons (Fsp3) is 0.500. The van der Waals surface area contributed by atoms with Crippen LogP contribution < -0.4 is 5.32 Å². The second kappa shape index (κ2) is 6.29. The minimum atomic E-state index is 0.433. The predicted molar refractivity (Wildman–Crippen MR) is 90.1 cm³/mol. The average Bonchev–Trinajstić information content (AvgIpc) is 2.52. The Hall–Kier alpha value is -1.18. The number of aliphatic imine (C=N–C) groups is 1. The number of hydrogen-bond donors (Lipinski definition) is 1. The highest BCUT2D eigenvalue weighted by molar-refractivity contribution is 8.14. The van der Waals surface area contributed by atoms with Crippen molar-refractivity contribution in [1.82, 2.24) is 0 Å². The fourth-order valence-electron chi connectivity index (χ4n) is 3.03. The summed E-state index contributed by atoms with van der Waals surface area (Å²) >= 11 is 7.99. The molecule has 1 N–H and O–H groups in total. The standard InChI is InChI=1S/C16H18ClN3S/c17-13-8-12(9-18)4-5-14(13)20-15-19-10-16(11-21-15)6-2-1-3-7-16/h4-5,8H,1-3,6-7,10-11H2,(H,19,20). The van der Waals surface area contributed by atoms with Gasteiger partial charge < -0.3 is 5.32 Å². The second-order valence-corrected chi connectivity index (χ2v) is 7.27. The van der Waals surface area contributed by atoms with Crippen LogP contribution in [0.25, 0.3) is 0 Å². The van der Waals surface area contributed by atoms with E-state index in [-0.39, 0.29) is 0 Å². The molecule has 0 aromatic heterocycles. The largest absolute Gasteiger partial charge is 0.334 e. The van der Waals surface area contributed by atoms with Crippen LogP contribution in [0.5, 0.6) is 0 Å². The summed E-state index contributed by atoms with van der Waals surface area (Å²) in [7, 11) is 0. The molecule has 1 heterocycles. The van der Waals surface area contributed by atoms with Gasteiger partial charge in [-0.05, 0) is 36.5 Å². The molecule has 0 bridgehead atoms. The third-order valence-corrected chi connectivity index (χ3v) is 5.90. The molecule has 1 spiro atoms. The zero-order chi connectivity index (χ0) is 14.7. The van der Waals surface area contributed by atoms with E-state index in [1.54, 1.807) is 23.9 Å². The molecule has 0 radical (unpaired) electrons. The molecule has 3 rings (SSSR count). The maximum atomic E-state index is 8.86. The van der Waals surface area contributed by atoms with E-state index >= 15 is 0 Å². The molecule has 1 saturated carbocycles. The van der Waals surface area contributed by atoms with Crippen molar-refractivity contribution in [3.63, 3.8) is 0 Å². The number of rotatable bonds is 1. The number of thioether (sulfide) groups is 1. The Morgan fingerprint density at radius 3 is 2.71 bits per heavy atom. The maximum absolute atomic E-state index is 8.86. The van der Waals surface area contributed by atoms with Gasteiger partial charge in [0.05, 0.1) is 22.3 Å². The average molecular weight is 320 g/mol. The van der Waals surface area contributed by atoms with Crippen LogP contribution in [0.15, 0.2) is 23.2 Å². The molecule has 1 aromatic carbocycles. The van der Waals surface area contributed by atoms with Crippen LogP contribution in [-0.4, -0.2) is 17.5 Å². The van der Waals surface area contributed by atoms with E-state index in [1.165, 1.54) is 32.1 Å². The Kier molecular flexibility index (Phi) is 4.42. The molecule has 110 valence electrons. The SMILES string of the molecule is N#Cc1ccc(NC2=NCC3(CCCCC3)CS2)c(Cl)c1. The maximum Gasteiger partial charge on any atom is 0.161 e. The summed E-state index contributed by atoms with van der Waals surface area (Å²) in [5, 5.41) is 13.7. The number of nitriles is 1. The molecule has 5 heteroatoms. The normalized spacial score (nSPS) is 20.7. The molecule has 0 atom stereocenters. The minimum absolute atomic E-state index is 0.433. The van der Waals surface area contributed by atoms with Gasteiger partial charge in [-0.3, -0.25) is 4.99 Å². The van der Waals surface area contributed by atoms with Gasteiger partial charge in [-0.15, -0.1) is 0 Å². The zero-order valence-corrected chi connectivity index (χ0v) is 13.4. The van der Waals surface area contributed by atoms with Gasteiger partial charge in [-0.1, -0.05) is 42.6 Å². The van der Waals surface area contributed by atoms with Crippen molar-refractivity contribution >= 4 is 34.2 Å². The summed E-state index contributed by atoms with van der Waals surface area (Å²) in [6.45, 7) is 0.927. The lowest BCUT2D eigenvalue weighted by Gasteiger charge is -2.38. The van der Waals surface area contributed by atoms with Crippen molar-refractivity contribution < 1.29 is 0 Å². The number of nitrogens with zero attached hydrogens (tertiary/aromatic N) is 2. The van der Waals surface area contributed by atoms with Crippen molar-refractivity contribution in [2.24, 2.45) is 10.4 Å². The lowest BCUT2D eigenvalue weighted by Crippen LogP contribution is -2.35. The van der Waals surface area contributed by atoms with E-state index in [0.29, 0.717) is 16.0 Å². The van der Waals surface area contributed by atoms with Crippen molar-refractivity contribution in [2.75, 3.05) is 17.6 Å². The monoisotopic (exact) mass is 319 g/mol. The van der Waals surface area contributed by atoms with E-state index in [4.69, 9.17) is 21.9 Å². The molecule has 0 amide bonds. The van der Waals surface area contributed by atoms with Crippen molar-refractivity contribution in [1.29, 1.82) is 5.26 Å². The summed E-state index contributed by atoms with van der Waals surface area (Å²) in [5.74, 6) is 1.15. The summed E-state index contributed by atoms with van der Waals surface area (Å²) in [6, 6.07) is 7.38. The first kappa shape index (κ1) is 14.7. The van der Waals surface area contributed by atoms with Crippen molar-refractivity contribution in [2.45, 2.75) is 32.1 Å². The first-order valence-electron chi connectivity index (χ1n) is 7.35. The fourth-order valence-corrected chi connectivity index (χ4v) is 4.42. The van der Waals surface area contributed by atoms with Gasteiger partial charge in [0.15, 0.2) is 5.17 Å². The summed E-state index contributed by atoms with van der Waals surface area (Å²) in [4.78, 5) is 4.73. The Bertz CT molecular complexity index is 600.